The van der Waals surface area contributed by atoms with E-state index in [9.17, 15) is 4.79 Å². The Morgan fingerprint density at radius 3 is 3.06 bits per heavy atom. The Hall–Kier alpha value is -1.62. The van der Waals surface area contributed by atoms with E-state index in [1.165, 1.54) is 6.20 Å². The molecule has 0 saturated heterocycles. The Bertz CT molecular complexity index is 407. The van der Waals surface area contributed by atoms with Gasteiger partial charge in [-0.2, -0.15) is 0 Å². The molecule has 1 aromatic rings. The van der Waals surface area contributed by atoms with E-state index < -0.39 is 0 Å². The van der Waals surface area contributed by atoms with Crippen LogP contribution >= 0.6 is 11.6 Å². The minimum atomic E-state index is -0.286. The zero-order valence-electron chi connectivity index (χ0n) is 8.81. The fourth-order valence-electron chi connectivity index (χ4n) is 0.997. The summed E-state index contributed by atoms with van der Waals surface area (Å²) in [5.41, 5.74) is 5.95. The van der Waals surface area contributed by atoms with Gasteiger partial charge in [-0.1, -0.05) is 23.8 Å². The first-order valence-electron chi connectivity index (χ1n) is 4.73. The second kappa shape index (κ2) is 6.07. The van der Waals surface area contributed by atoms with Gasteiger partial charge in [0, 0.05) is 11.8 Å². The summed E-state index contributed by atoms with van der Waals surface area (Å²) in [6.45, 7) is 2.13. The molecule has 0 fully saturated rings. The summed E-state index contributed by atoms with van der Waals surface area (Å²) in [7, 11) is 0. The first-order chi connectivity index (χ1) is 7.63. The highest BCUT2D eigenvalue weighted by Crippen LogP contribution is 2.14. The maximum absolute atomic E-state index is 11.0. The van der Waals surface area contributed by atoms with Crippen LogP contribution in [0.2, 0.25) is 5.15 Å². The number of esters is 1. The lowest BCUT2D eigenvalue weighted by Crippen LogP contribution is -2.01. The third kappa shape index (κ3) is 3.86. The highest BCUT2D eigenvalue weighted by molar-refractivity contribution is 6.30. The van der Waals surface area contributed by atoms with E-state index in [-0.39, 0.29) is 23.5 Å². The molecule has 0 spiro atoms. The van der Waals surface area contributed by atoms with Gasteiger partial charge in [-0.05, 0) is 6.92 Å². The fraction of sp³-hybridized carbons (Fsp3) is 0.300. The zero-order valence-corrected chi connectivity index (χ0v) is 9.57. The van der Waals surface area contributed by atoms with Crippen LogP contribution in [0.3, 0.4) is 0 Å². The number of carbonyl (C=O) groups excluding carboxylic acids is 1. The lowest BCUT2D eigenvalue weighted by atomic mass is 10.3. The van der Waals surface area contributed by atoms with Crippen LogP contribution in [-0.4, -0.2) is 22.5 Å². The van der Waals surface area contributed by atoms with Crippen molar-refractivity contribution in [1.82, 2.24) is 9.97 Å². The molecule has 0 aliphatic rings. The number of nitrogens with two attached hydrogens (primary N) is 1. The van der Waals surface area contributed by atoms with Gasteiger partial charge in [-0.3, -0.25) is 4.79 Å². The Balaban J connectivity index is 2.59. The van der Waals surface area contributed by atoms with Crippen LogP contribution in [0.15, 0.2) is 12.3 Å². The highest BCUT2D eigenvalue weighted by Gasteiger charge is 2.00. The van der Waals surface area contributed by atoms with Crippen LogP contribution < -0.4 is 5.73 Å². The second-order valence-electron chi connectivity index (χ2n) is 2.89. The van der Waals surface area contributed by atoms with Crippen LogP contribution in [0.4, 0.5) is 5.95 Å². The van der Waals surface area contributed by atoms with Gasteiger partial charge in [-0.25, -0.2) is 9.97 Å². The number of hydrogen-bond acceptors (Lipinski definition) is 5. The van der Waals surface area contributed by atoms with E-state index in [1.54, 1.807) is 19.1 Å². The second-order valence-corrected chi connectivity index (χ2v) is 3.24. The summed E-state index contributed by atoms with van der Waals surface area (Å²) >= 11 is 5.81. The van der Waals surface area contributed by atoms with Crippen molar-refractivity contribution in [2.75, 3.05) is 12.3 Å². The molecule has 6 heteroatoms. The summed E-state index contributed by atoms with van der Waals surface area (Å²) in [4.78, 5) is 18.6. The smallest absolute Gasteiger partial charge is 0.309 e. The first-order valence-corrected chi connectivity index (χ1v) is 5.11. The summed E-state index contributed by atoms with van der Waals surface area (Å²) in [6, 6.07) is 0. The fourth-order valence-corrected chi connectivity index (χ4v) is 1.20. The van der Waals surface area contributed by atoms with Gasteiger partial charge in [0.2, 0.25) is 5.95 Å². The zero-order chi connectivity index (χ0) is 12.0. The minimum Gasteiger partial charge on any atom is -0.466 e. The Labute approximate surface area is 98.3 Å². The third-order valence-electron chi connectivity index (χ3n) is 1.67. The summed E-state index contributed by atoms with van der Waals surface area (Å²) in [5.74, 6) is -0.168. The number of hydrogen-bond donors (Lipinski definition) is 1. The van der Waals surface area contributed by atoms with E-state index in [0.29, 0.717) is 12.2 Å². The predicted molar refractivity (Wildman–Crippen MR) is 61.7 cm³/mol. The largest absolute Gasteiger partial charge is 0.466 e. The van der Waals surface area contributed by atoms with E-state index >= 15 is 0 Å². The molecule has 0 aliphatic carbocycles. The van der Waals surface area contributed by atoms with Crippen LogP contribution in [0.5, 0.6) is 0 Å². The average molecular weight is 242 g/mol. The van der Waals surface area contributed by atoms with Crippen molar-refractivity contribution in [1.29, 1.82) is 0 Å². The SMILES string of the molecule is CCOC(=O)CC=Cc1cnc(N)nc1Cl. The molecule has 0 bridgehead atoms. The minimum absolute atomic E-state index is 0.118. The van der Waals surface area contributed by atoms with Crippen LogP contribution in [0.25, 0.3) is 6.08 Å². The normalized spacial score (nSPS) is 10.6. The first kappa shape index (κ1) is 12.4. The lowest BCUT2D eigenvalue weighted by Gasteiger charge is -1.98. The number of aromatic nitrogens is 2. The van der Waals surface area contributed by atoms with Gasteiger partial charge in [0.15, 0.2) is 0 Å². The van der Waals surface area contributed by atoms with Crippen molar-refractivity contribution in [3.8, 4) is 0 Å². The van der Waals surface area contributed by atoms with Gasteiger partial charge in [-0.15, -0.1) is 0 Å². The molecule has 2 N–H and O–H groups in total. The van der Waals surface area contributed by atoms with Crippen molar-refractivity contribution >= 4 is 29.6 Å². The number of rotatable bonds is 4. The molecular weight excluding hydrogens is 230 g/mol. The molecule has 16 heavy (non-hydrogen) atoms. The molecule has 0 radical (unpaired) electrons. The molecule has 0 aromatic carbocycles. The van der Waals surface area contributed by atoms with E-state index in [1.807, 2.05) is 0 Å². The molecule has 0 unspecified atom stereocenters. The molecule has 5 nitrogen and oxygen atoms in total. The number of ether oxygens (including phenoxy) is 1. The standard InChI is InChI=1S/C10H12ClN3O2/c1-2-16-8(15)5-3-4-7-6-13-10(12)14-9(7)11/h3-4,6H,2,5H2,1H3,(H2,12,13,14). The molecule has 0 aliphatic heterocycles. The Morgan fingerprint density at radius 1 is 1.69 bits per heavy atom. The highest BCUT2D eigenvalue weighted by atomic mass is 35.5. The van der Waals surface area contributed by atoms with Crippen molar-refractivity contribution in [2.24, 2.45) is 0 Å². The number of halogens is 1. The summed E-state index contributed by atoms with van der Waals surface area (Å²) in [5, 5.41) is 0.257. The lowest BCUT2D eigenvalue weighted by molar-refractivity contribution is -0.142. The third-order valence-corrected chi connectivity index (χ3v) is 1.98. The van der Waals surface area contributed by atoms with Gasteiger partial charge in [0.05, 0.1) is 13.0 Å². The van der Waals surface area contributed by atoms with Crippen molar-refractivity contribution < 1.29 is 9.53 Å². The Morgan fingerprint density at radius 2 is 2.44 bits per heavy atom. The van der Waals surface area contributed by atoms with Gasteiger partial charge in [0.25, 0.3) is 0 Å². The predicted octanol–water partition coefficient (Wildman–Crippen LogP) is 1.68. The topological polar surface area (TPSA) is 78.1 Å². The quantitative estimate of drug-likeness (QED) is 0.641. The van der Waals surface area contributed by atoms with Crippen LogP contribution in [0.1, 0.15) is 18.9 Å². The monoisotopic (exact) mass is 241 g/mol. The Kier molecular flexibility index (Phi) is 4.72. The number of carbonyl (C=O) groups is 1. The molecule has 1 rings (SSSR count). The molecule has 1 aromatic heterocycles. The van der Waals surface area contributed by atoms with E-state index in [0.717, 1.165) is 0 Å². The van der Waals surface area contributed by atoms with E-state index in [4.69, 9.17) is 22.1 Å². The van der Waals surface area contributed by atoms with Crippen molar-refractivity contribution in [3.05, 3.63) is 23.0 Å². The maximum Gasteiger partial charge on any atom is 0.309 e. The van der Waals surface area contributed by atoms with Gasteiger partial charge < -0.3 is 10.5 Å². The molecule has 0 atom stereocenters. The van der Waals surface area contributed by atoms with Gasteiger partial charge in [0.1, 0.15) is 5.15 Å². The van der Waals surface area contributed by atoms with Crippen LogP contribution in [0, 0.1) is 0 Å². The van der Waals surface area contributed by atoms with Gasteiger partial charge >= 0.3 is 5.97 Å². The molecule has 0 amide bonds. The summed E-state index contributed by atoms with van der Waals surface area (Å²) in [6.07, 6.45) is 4.97. The maximum atomic E-state index is 11.0. The number of nitrogens with zero attached hydrogens (tertiary/aromatic N) is 2. The number of nitrogen functional groups attached to an aromatic ring is 1. The van der Waals surface area contributed by atoms with Crippen LogP contribution in [-0.2, 0) is 9.53 Å². The molecule has 0 saturated carbocycles. The van der Waals surface area contributed by atoms with E-state index in [2.05, 4.69) is 9.97 Å². The average Bonchev–Trinajstić information content (AvgIpc) is 2.22. The molecule has 86 valence electrons. The van der Waals surface area contributed by atoms with Crippen molar-refractivity contribution in [3.63, 3.8) is 0 Å². The molecular formula is C10H12ClN3O2. The summed E-state index contributed by atoms with van der Waals surface area (Å²) < 4.78 is 4.75. The molecule has 1 heterocycles. The number of anilines is 1. The van der Waals surface area contributed by atoms with Crippen molar-refractivity contribution in [2.45, 2.75) is 13.3 Å².